The molecular formula is C29H27ClN2O4. The van der Waals surface area contributed by atoms with Crippen LogP contribution in [0.2, 0.25) is 5.02 Å². The number of aromatic nitrogens is 2. The van der Waals surface area contributed by atoms with Crippen LogP contribution in [0.25, 0.3) is 11.1 Å². The summed E-state index contributed by atoms with van der Waals surface area (Å²) in [6.45, 7) is 2.62. The fourth-order valence-corrected chi connectivity index (χ4v) is 4.22. The highest BCUT2D eigenvalue weighted by Gasteiger charge is 2.15. The van der Waals surface area contributed by atoms with E-state index in [1.165, 1.54) is 0 Å². The Morgan fingerprint density at radius 1 is 1.00 bits per heavy atom. The molecule has 0 saturated carbocycles. The van der Waals surface area contributed by atoms with Gasteiger partial charge in [0.25, 0.3) is 5.56 Å². The van der Waals surface area contributed by atoms with Crippen molar-refractivity contribution in [2.24, 2.45) is 0 Å². The summed E-state index contributed by atoms with van der Waals surface area (Å²) in [4.78, 5) is 29.5. The van der Waals surface area contributed by atoms with Gasteiger partial charge >= 0.3 is 5.97 Å². The van der Waals surface area contributed by atoms with E-state index in [0.29, 0.717) is 40.4 Å². The first-order valence-corrected chi connectivity index (χ1v) is 12.2. The van der Waals surface area contributed by atoms with Crippen LogP contribution in [0.4, 0.5) is 0 Å². The minimum absolute atomic E-state index is 0.130. The highest BCUT2D eigenvalue weighted by Crippen LogP contribution is 2.25. The van der Waals surface area contributed by atoms with Gasteiger partial charge in [-0.25, -0.2) is 9.78 Å². The number of rotatable bonds is 10. The van der Waals surface area contributed by atoms with E-state index >= 15 is 0 Å². The number of unbranched alkanes of at least 4 members (excludes halogenated alkanes) is 1. The predicted molar refractivity (Wildman–Crippen MR) is 141 cm³/mol. The van der Waals surface area contributed by atoms with E-state index in [1.54, 1.807) is 41.1 Å². The maximum Gasteiger partial charge on any atom is 0.336 e. The Labute approximate surface area is 214 Å². The minimum atomic E-state index is -0.985. The molecule has 1 aromatic heterocycles. The van der Waals surface area contributed by atoms with Gasteiger partial charge in [0.15, 0.2) is 0 Å². The van der Waals surface area contributed by atoms with Crippen LogP contribution >= 0.6 is 11.6 Å². The molecule has 0 bridgehead atoms. The van der Waals surface area contributed by atoms with Crippen LogP contribution in [-0.4, -0.2) is 20.6 Å². The van der Waals surface area contributed by atoms with Gasteiger partial charge in [-0.15, -0.1) is 0 Å². The zero-order valence-electron chi connectivity index (χ0n) is 20.0. The Morgan fingerprint density at radius 2 is 1.72 bits per heavy atom. The Balaban J connectivity index is 1.57. The van der Waals surface area contributed by atoms with Crippen molar-refractivity contribution in [3.63, 3.8) is 0 Å². The molecule has 0 aliphatic rings. The quantitative estimate of drug-likeness (QED) is 0.278. The van der Waals surface area contributed by atoms with Crippen LogP contribution in [0.5, 0.6) is 5.75 Å². The van der Waals surface area contributed by atoms with Crippen molar-refractivity contribution < 1.29 is 14.6 Å². The first kappa shape index (κ1) is 25.2. The maximum atomic E-state index is 13.5. The second-order valence-electron chi connectivity index (χ2n) is 8.46. The summed E-state index contributed by atoms with van der Waals surface area (Å²) in [6.07, 6.45) is 4.26. The molecule has 4 aromatic rings. The van der Waals surface area contributed by atoms with Crippen molar-refractivity contribution in [1.82, 2.24) is 9.55 Å². The van der Waals surface area contributed by atoms with Gasteiger partial charge in [-0.3, -0.25) is 9.36 Å². The van der Waals surface area contributed by atoms with Crippen LogP contribution in [-0.2, 0) is 19.6 Å². The fraction of sp³-hybridized carbons (Fsp3) is 0.207. The lowest BCUT2D eigenvalue weighted by molar-refractivity contribution is 0.0694. The zero-order chi connectivity index (χ0) is 25.5. The third-order valence-corrected chi connectivity index (χ3v) is 6.28. The first-order chi connectivity index (χ1) is 17.5. The number of benzene rings is 3. The maximum absolute atomic E-state index is 13.5. The molecule has 1 N–H and O–H groups in total. The molecule has 0 atom stereocenters. The largest absolute Gasteiger partial charge is 0.489 e. The molecule has 4 rings (SSSR count). The lowest BCUT2D eigenvalue weighted by atomic mass is 10.1. The molecule has 0 fully saturated rings. The van der Waals surface area contributed by atoms with Crippen molar-refractivity contribution in [2.45, 2.75) is 39.3 Å². The Hall–Kier alpha value is -3.90. The van der Waals surface area contributed by atoms with Crippen molar-refractivity contribution >= 4 is 17.6 Å². The van der Waals surface area contributed by atoms with Crippen molar-refractivity contribution in [3.05, 3.63) is 117 Å². The monoisotopic (exact) mass is 502 g/mol. The van der Waals surface area contributed by atoms with Gasteiger partial charge in [-0.05, 0) is 36.2 Å². The second kappa shape index (κ2) is 11.7. The number of carbonyl (C=O) groups is 1. The van der Waals surface area contributed by atoms with E-state index in [9.17, 15) is 14.7 Å². The number of aromatic carboxylic acids is 1. The number of ether oxygens (including phenoxy) is 1. The highest BCUT2D eigenvalue weighted by atomic mass is 35.5. The molecular weight excluding hydrogens is 476 g/mol. The van der Waals surface area contributed by atoms with Crippen molar-refractivity contribution in [2.75, 3.05) is 0 Å². The summed E-state index contributed by atoms with van der Waals surface area (Å²) < 4.78 is 7.54. The van der Waals surface area contributed by atoms with Crippen LogP contribution in [0.1, 0.15) is 47.1 Å². The van der Waals surface area contributed by atoms with E-state index in [0.717, 1.165) is 24.2 Å². The van der Waals surface area contributed by atoms with E-state index in [2.05, 4.69) is 11.9 Å². The first-order valence-electron chi connectivity index (χ1n) is 11.8. The molecule has 36 heavy (non-hydrogen) atoms. The van der Waals surface area contributed by atoms with Gasteiger partial charge < -0.3 is 9.84 Å². The smallest absolute Gasteiger partial charge is 0.336 e. The summed E-state index contributed by atoms with van der Waals surface area (Å²) in [7, 11) is 0. The normalized spacial score (nSPS) is 10.8. The zero-order valence-corrected chi connectivity index (χ0v) is 20.7. The van der Waals surface area contributed by atoms with Gasteiger partial charge in [0.2, 0.25) is 0 Å². The van der Waals surface area contributed by atoms with Gasteiger partial charge in [0.1, 0.15) is 18.2 Å². The standard InChI is InChI=1S/C29H27ClN2O4/c1-2-3-12-27-31-17-25(24-10-6-7-11-26(24)30)28(33)32(27)18-20-13-15-22(16-14-20)36-19-21-8-4-5-9-23(21)29(34)35/h4-11,13-17H,2-3,12,18-19H2,1H3,(H,34,35). The molecule has 0 spiro atoms. The Bertz CT molecular complexity index is 1410. The van der Waals surface area contributed by atoms with Crippen LogP contribution in [0, 0.1) is 0 Å². The molecule has 7 heteroatoms. The number of hydrogen-bond donors (Lipinski definition) is 1. The van der Waals surface area contributed by atoms with Crippen molar-refractivity contribution in [1.29, 1.82) is 0 Å². The lowest BCUT2D eigenvalue weighted by Crippen LogP contribution is -2.27. The number of carboxylic acids is 1. The topological polar surface area (TPSA) is 81.4 Å². The van der Waals surface area contributed by atoms with E-state index in [-0.39, 0.29) is 17.7 Å². The Morgan fingerprint density at radius 3 is 2.44 bits per heavy atom. The van der Waals surface area contributed by atoms with Crippen LogP contribution in [0.3, 0.4) is 0 Å². The number of hydrogen-bond acceptors (Lipinski definition) is 4. The number of aryl methyl sites for hydroxylation is 1. The predicted octanol–water partition coefficient (Wildman–Crippen LogP) is 6.23. The van der Waals surface area contributed by atoms with Gasteiger partial charge in [0.05, 0.1) is 17.7 Å². The summed E-state index contributed by atoms with van der Waals surface area (Å²) in [5.74, 6) is 0.366. The highest BCUT2D eigenvalue weighted by molar-refractivity contribution is 6.33. The number of nitrogens with zero attached hydrogens (tertiary/aromatic N) is 2. The summed E-state index contributed by atoms with van der Waals surface area (Å²) >= 11 is 6.36. The third kappa shape index (κ3) is 5.83. The average Bonchev–Trinajstić information content (AvgIpc) is 2.89. The third-order valence-electron chi connectivity index (χ3n) is 5.95. The second-order valence-corrected chi connectivity index (χ2v) is 8.86. The molecule has 6 nitrogen and oxygen atoms in total. The summed E-state index contributed by atoms with van der Waals surface area (Å²) in [5, 5.41) is 9.86. The molecule has 0 aliphatic carbocycles. The Kier molecular flexibility index (Phi) is 8.18. The van der Waals surface area contributed by atoms with Crippen LogP contribution < -0.4 is 10.3 Å². The van der Waals surface area contributed by atoms with E-state index < -0.39 is 5.97 Å². The van der Waals surface area contributed by atoms with Crippen molar-refractivity contribution in [3.8, 4) is 16.9 Å². The minimum Gasteiger partial charge on any atom is -0.489 e. The van der Waals surface area contributed by atoms with Crippen LogP contribution in [0.15, 0.2) is 83.8 Å². The number of carboxylic acid groups (broad SMARTS) is 1. The SMILES string of the molecule is CCCCc1ncc(-c2ccccc2Cl)c(=O)n1Cc1ccc(OCc2ccccc2C(=O)O)cc1. The van der Waals surface area contributed by atoms with E-state index in [1.807, 2.05) is 42.5 Å². The van der Waals surface area contributed by atoms with Gasteiger partial charge in [0, 0.05) is 28.8 Å². The molecule has 0 aliphatic heterocycles. The number of halogens is 1. The summed E-state index contributed by atoms with van der Waals surface area (Å²) in [6, 6.07) is 21.5. The van der Waals surface area contributed by atoms with E-state index in [4.69, 9.17) is 16.3 Å². The molecule has 0 unspecified atom stereocenters. The molecule has 3 aromatic carbocycles. The van der Waals surface area contributed by atoms with Gasteiger partial charge in [-0.2, -0.15) is 0 Å². The molecule has 184 valence electrons. The summed E-state index contributed by atoms with van der Waals surface area (Å²) in [5.41, 5.74) is 2.75. The lowest BCUT2D eigenvalue weighted by Gasteiger charge is -2.15. The average molecular weight is 503 g/mol. The molecule has 0 radical (unpaired) electrons. The molecule has 0 saturated heterocycles. The molecule has 1 heterocycles. The fourth-order valence-electron chi connectivity index (χ4n) is 3.98. The molecule has 0 amide bonds. The van der Waals surface area contributed by atoms with Gasteiger partial charge in [-0.1, -0.05) is 73.5 Å².